The molecule has 0 aliphatic heterocycles. The number of urea groups is 1. The monoisotopic (exact) mass is 468 g/mol. The third kappa shape index (κ3) is 5.49. The van der Waals surface area contributed by atoms with E-state index in [-0.39, 0.29) is 5.69 Å². The molecule has 0 aliphatic carbocycles. The average molecular weight is 468 g/mol. The average Bonchev–Trinajstić information content (AvgIpc) is 3.20. The second-order valence-corrected chi connectivity index (χ2v) is 7.24. The predicted octanol–water partition coefficient (Wildman–Crippen LogP) is 5.73. The van der Waals surface area contributed by atoms with Gasteiger partial charge in [0.25, 0.3) is 0 Å². The number of nitrogens with zero attached hydrogens (tertiary/aromatic N) is 4. The minimum atomic E-state index is -4.50. The van der Waals surface area contributed by atoms with Crippen LogP contribution in [0.2, 0.25) is 0 Å². The number of nitrogens with one attached hydrogen (secondary N) is 2. The maximum absolute atomic E-state index is 12.8. The normalized spacial score (nSPS) is 11.2. The Labute approximate surface area is 192 Å². The molecule has 0 saturated carbocycles. The summed E-state index contributed by atoms with van der Waals surface area (Å²) in [6, 6.07) is 11.8. The highest BCUT2D eigenvalue weighted by Gasteiger charge is 2.30. The Morgan fingerprint density at radius 3 is 2.38 bits per heavy atom. The lowest BCUT2D eigenvalue weighted by atomic mass is 10.2. The lowest BCUT2D eigenvalue weighted by Crippen LogP contribution is -2.19. The van der Waals surface area contributed by atoms with E-state index < -0.39 is 17.8 Å². The molecule has 0 atom stereocenters. The first-order valence-electron chi connectivity index (χ1n) is 10.1. The Morgan fingerprint density at radius 2 is 1.71 bits per heavy atom. The van der Waals surface area contributed by atoms with Gasteiger partial charge in [0.15, 0.2) is 0 Å². The summed E-state index contributed by atoms with van der Waals surface area (Å²) in [5, 5.41) is 4.94. The van der Waals surface area contributed by atoms with E-state index in [0.717, 1.165) is 18.0 Å². The van der Waals surface area contributed by atoms with Crippen LogP contribution in [-0.4, -0.2) is 25.6 Å². The SMILES string of the molecule is Cc1nc(Oc2ccc(NC(=O)Nc3cccc(C(F)(F)F)c3)cc2)cc(-n2ccnc2C)n1. The minimum absolute atomic E-state index is 0.0235. The van der Waals surface area contributed by atoms with Gasteiger partial charge >= 0.3 is 12.2 Å². The third-order valence-electron chi connectivity index (χ3n) is 4.66. The molecule has 34 heavy (non-hydrogen) atoms. The summed E-state index contributed by atoms with van der Waals surface area (Å²) in [7, 11) is 0. The van der Waals surface area contributed by atoms with Crippen molar-refractivity contribution in [1.29, 1.82) is 0 Å². The molecule has 4 aromatic rings. The Balaban J connectivity index is 1.41. The summed E-state index contributed by atoms with van der Waals surface area (Å²) in [5.41, 5.74) is -0.404. The molecule has 2 aromatic heterocycles. The van der Waals surface area contributed by atoms with Crippen molar-refractivity contribution in [3.8, 4) is 17.4 Å². The van der Waals surface area contributed by atoms with Gasteiger partial charge in [0.1, 0.15) is 23.2 Å². The van der Waals surface area contributed by atoms with Gasteiger partial charge < -0.3 is 15.4 Å². The number of ether oxygens (including phenoxy) is 1. The minimum Gasteiger partial charge on any atom is -0.439 e. The van der Waals surface area contributed by atoms with Gasteiger partial charge in [-0.1, -0.05) is 6.07 Å². The van der Waals surface area contributed by atoms with Crippen LogP contribution in [0.3, 0.4) is 0 Å². The van der Waals surface area contributed by atoms with Crippen LogP contribution in [0.15, 0.2) is 67.0 Å². The lowest BCUT2D eigenvalue weighted by molar-refractivity contribution is -0.137. The molecule has 0 aliphatic rings. The van der Waals surface area contributed by atoms with Gasteiger partial charge in [-0.3, -0.25) is 4.57 Å². The van der Waals surface area contributed by atoms with Gasteiger partial charge in [0.2, 0.25) is 5.88 Å². The van der Waals surface area contributed by atoms with Gasteiger partial charge in [0.05, 0.1) is 5.56 Å². The van der Waals surface area contributed by atoms with Gasteiger partial charge in [-0.2, -0.15) is 18.2 Å². The van der Waals surface area contributed by atoms with Gasteiger partial charge in [0, 0.05) is 29.8 Å². The molecule has 0 spiro atoms. The van der Waals surface area contributed by atoms with Crippen LogP contribution in [0.25, 0.3) is 5.82 Å². The number of hydrogen-bond acceptors (Lipinski definition) is 5. The number of halogens is 3. The summed E-state index contributed by atoms with van der Waals surface area (Å²) in [5.74, 6) is 2.70. The molecule has 0 unspecified atom stereocenters. The second kappa shape index (κ2) is 9.22. The van der Waals surface area contributed by atoms with E-state index in [0.29, 0.717) is 29.0 Å². The van der Waals surface area contributed by atoms with Crippen molar-refractivity contribution in [1.82, 2.24) is 19.5 Å². The fourth-order valence-electron chi connectivity index (χ4n) is 3.11. The first-order chi connectivity index (χ1) is 16.2. The summed E-state index contributed by atoms with van der Waals surface area (Å²) in [6.07, 6.45) is -1.04. The maximum Gasteiger partial charge on any atom is 0.416 e. The zero-order valence-corrected chi connectivity index (χ0v) is 18.1. The molecule has 0 bridgehead atoms. The molecule has 2 amide bonds. The summed E-state index contributed by atoms with van der Waals surface area (Å²) >= 11 is 0. The van der Waals surface area contributed by atoms with Gasteiger partial charge in [-0.25, -0.2) is 14.8 Å². The molecule has 11 heteroatoms. The van der Waals surface area contributed by atoms with Crippen molar-refractivity contribution in [3.05, 3.63) is 84.2 Å². The van der Waals surface area contributed by atoms with E-state index in [1.165, 1.54) is 12.1 Å². The molecular weight excluding hydrogens is 449 g/mol. The fourth-order valence-corrected chi connectivity index (χ4v) is 3.11. The van der Waals surface area contributed by atoms with E-state index in [1.54, 1.807) is 54.2 Å². The number of imidazole rings is 1. The first-order valence-corrected chi connectivity index (χ1v) is 10.1. The van der Waals surface area contributed by atoms with Crippen molar-refractivity contribution >= 4 is 17.4 Å². The van der Waals surface area contributed by atoms with Crippen LogP contribution >= 0.6 is 0 Å². The molecule has 4 rings (SSSR count). The van der Waals surface area contributed by atoms with Crippen molar-refractivity contribution in [2.45, 2.75) is 20.0 Å². The molecule has 2 aromatic carbocycles. The number of alkyl halides is 3. The highest BCUT2D eigenvalue weighted by atomic mass is 19.4. The standard InChI is InChI=1S/C23H19F3N6O2/c1-14-28-20(32-11-10-27-15(32)2)13-21(29-14)34-19-8-6-17(7-9-19)30-22(33)31-18-5-3-4-16(12-18)23(24,25)26/h3-13H,1-2H3,(H2,30,31,33). The van der Waals surface area contributed by atoms with Crippen molar-refractivity contribution < 1.29 is 22.7 Å². The molecule has 2 N–H and O–H groups in total. The Morgan fingerprint density at radius 1 is 0.971 bits per heavy atom. The van der Waals surface area contributed by atoms with Crippen molar-refractivity contribution in [2.75, 3.05) is 10.6 Å². The Bertz CT molecular complexity index is 1320. The van der Waals surface area contributed by atoms with Crippen LogP contribution in [-0.2, 0) is 6.18 Å². The molecule has 0 fully saturated rings. The number of rotatable bonds is 5. The third-order valence-corrected chi connectivity index (χ3v) is 4.66. The van der Waals surface area contributed by atoms with E-state index in [2.05, 4.69) is 25.6 Å². The second-order valence-electron chi connectivity index (χ2n) is 7.24. The Hall–Kier alpha value is -4.41. The quantitative estimate of drug-likeness (QED) is 0.390. The zero-order valence-electron chi connectivity index (χ0n) is 18.1. The fraction of sp³-hybridized carbons (Fsp3) is 0.130. The molecule has 0 radical (unpaired) electrons. The zero-order chi connectivity index (χ0) is 24.3. The Kier molecular flexibility index (Phi) is 6.17. The van der Waals surface area contributed by atoms with Crippen molar-refractivity contribution in [3.63, 3.8) is 0 Å². The van der Waals surface area contributed by atoms with E-state index >= 15 is 0 Å². The molecule has 2 heterocycles. The van der Waals surface area contributed by atoms with Gasteiger partial charge in [-0.15, -0.1) is 0 Å². The molecule has 174 valence electrons. The van der Waals surface area contributed by atoms with E-state index in [9.17, 15) is 18.0 Å². The molecule has 0 saturated heterocycles. The van der Waals surface area contributed by atoms with Crippen LogP contribution in [0, 0.1) is 13.8 Å². The molecular formula is C23H19F3N6O2. The number of aromatic nitrogens is 4. The maximum atomic E-state index is 12.8. The summed E-state index contributed by atoms with van der Waals surface area (Å²) in [4.78, 5) is 25.0. The van der Waals surface area contributed by atoms with Gasteiger partial charge in [-0.05, 0) is 56.3 Å². The predicted molar refractivity (Wildman–Crippen MR) is 119 cm³/mol. The highest BCUT2D eigenvalue weighted by Crippen LogP contribution is 2.30. The lowest BCUT2D eigenvalue weighted by Gasteiger charge is -2.11. The van der Waals surface area contributed by atoms with Crippen LogP contribution < -0.4 is 15.4 Å². The number of carbonyl (C=O) groups excluding carboxylic acids is 1. The van der Waals surface area contributed by atoms with Crippen LogP contribution in [0.4, 0.5) is 29.3 Å². The number of carbonyl (C=O) groups is 1. The summed E-state index contributed by atoms with van der Waals surface area (Å²) < 4.78 is 46.1. The summed E-state index contributed by atoms with van der Waals surface area (Å²) in [6.45, 7) is 3.60. The number of benzene rings is 2. The number of aryl methyl sites for hydroxylation is 2. The smallest absolute Gasteiger partial charge is 0.416 e. The largest absolute Gasteiger partial charge is 0.439 e. The van der Waals surface area contributed by atoms with E-state index in [1.807, 2.05) is 6.92 Å². The number of hydrogen-bond donors (Lipinski definition) is 2. The first kappa shape index (κ1) is 22.8. The number of anilines is 2. The topological polar surface area (TPSA) is 94.0 Å². The number of amides is 2. The van der Waals surface area contributed by atoms with Crippen LogP contribution in [0.5, 0.6) is 11.6 Å². The van der Waals surface area contributed by atoms with Crippen LogP contribution in [0.1, 0.15) is 17.2 Å². The van der Waals surface area contributed by atoms with E-state index in [4.69, 9.17) is 4.74 Å². The van der Waals surface area contributed by atoms with Crippen molar-refractivity contribution in [2.24, 2.45) is 0 Å². The highest BCUT2D eigenvalue weighted by molar-refractivity contribution is 5.99. The molecule has 8 nitrogen and oxygen atoms in total.